The van der Waals surface area contributed by atoms with Gasteiger partial charge in [0.15, 0.2) is 0 Å². The van der Waals surface area contributed by atoms with Gasteiger partial charge in [0.25, 0.3) is 0 Å². The minimum atomic E-state index is 0.0953. The highest BCUT2D eigenvalue weighted by Crippen LogP contribution is 2.15. The van der Waals surface area contributed by atoms with Gasteiger partial charge in [-0.25, -0.2) is 4.98 Å². The summed E-state index contributed by atoms with van der Waals surface area (Å²) in [6.45, 7) is 2.53. The van der Waals surface area contributed by atoms with Gasteiger partial charge in [-0.3, -0.25) is 4.79 Å². The fraction of sp³-hybridized carbons (Fsp3) is 0.333. The third-order valence-electron chi connectivity index (χ3n) is 2.57. The Hall–Kier alpha value is -1.84. The summed E-state index contributed by atoms with van der Waals surface area (Å²) in [6.07, 6.45) is 5.09. The molecule has 0 unspecified atom stereocenters. The molecular formula is C12H15N3O. The Morgan fingerprint density at radius 2 is 2.44 bits per heavy atom. The number of rotatable bonds is 4. The van der Waals surface area contributed by atoms with Crippen molar-refractivity contribution in [2.24, 2.45) is 0 Å². The first kappa shape index (κ1) is 10.7. The molecule has 0 radical (unpaired) electrons. The van der Waals surface area contributed by atoms with Crippen molar-refractivity contribution in [3.63, 3.8) is 0 Å². The molecule has 2 N–H and O–H groups in total. The molecule has 4 heteroatoms. The summed E-state index contributed by atoms with van der Waals surface area (Å²) >= 11 is 0. The lowest BCUT2D eigenvalue weighted by molar-refractivity contribution is -0.120. The van der Waals surface area contributed by atoms with Crippen LogP contribution in [0.4, 0.5) is 0 Å². The molecule has 0 saturated carbocycles. The molecule has 4 nitrogen and oxygen atoms in total. The number of H-pyrrole nitrogens is 1. The van der Waals surface area contributed by atoms with Crippen LogP contribution in [0.5, 0.6) is 0 Å². The van der Waals surface area contributed by atoms with Crippen LogP contribution in [0.1, 0.15) is 18.9 Å². The van der Waals surface area contributed by atoms with Crippen molar-refractivity contribution in [2.75, 3.05) is 6.54 Å². The molecule has 84 valence electrons. The fourth-order valence-electron chi connectivity index (χ4n) is 1.68. The second kappa shape index (κ2) is 4.79. The highest BCUT2D eigenvalue weighted by atomic mass is 16.1. The Balaban J connectivity index is 2.02. The van der Waals surface area contributed by atoms with Gasteiger partial charge in [0, 0.05) is 30.7 Å². The zero-order chi connectivity index (χ0) is 11.4. The summed E-state index contributed by atoms with van der Waals surface area (Å²) in [6, 6.07) is 3.96. The van der Waals surface area contributed by atoms with Crippen molar-refractivity contribution in [1.29, 1.82) is 0 Å². The van der Waals surface area contributed by atoms with Crippen LogP contribution in [0.25, 0.3) is 11.0 Å². The van der Waals surface area contributed by atoms with E-state index in [0.717, 1.165) is 17.5 Å². The highest BCUT2D eigenvalue weighted by Gasteiger charge is 2.03. The van der Waals surface area contributed by atoms with E-state index in [2.05, 4.69) is 15.3 Å². The lowest BCUT2D eigenvalue weighted by atomic mass is 10.1. The van der Waals surface area contributed by atoms with Crippen molar-refractivity contribution in [1.82, 2.24) is 15.3 Å². The third kappa shape index (κ3) is 2.21. The molecule has 2 aromatic rings. The lowest BCUT2D eigenvalue weighted by Crippen LogP contribution is -2.24. The van der Waals surface area contributed by atoms with E-state index in [9.17, 15) is 4.79 Å². The molecule has 0 aromatic carbocycles. The van der Waals surface area contributed by atoms with E-state index < -0.39 is 0 Å². The first-order valence-corrected chi connectivity index (χ1v) is 5.49. The average Bonchev–Trinajstić information content (AvgIpc) is 2.73. The molecule has 16 heavy (non-hydrogen) atoms. The maximum Gasteiger partial charge on any atom is 0.219 e. The van der Waals surface area contributed by atoms with Crippen molar-refractivity contribution >= 4 is 16.9 Å². The number of nitrogens with zero attached hydrogens (tertiary/aromatic N) is 1. The van der Waals surface area contributed by atoms with E-state index in [0.29, 0.717) is 13.0 Å². The van der Waals surface area contributed by atoms with E-state index in [1.54, 1.807) is 6.20 Å². The van der Waals surface area contributed by atoms with Gasteiger partial charge in [-0.15, -0.1) is 0 Å². The van der Waals surface area contributed by atoms with Gasteiger partial charge < -0.3 is 10.3 Å². The molecule has 0 aliphatic carbocycles. The predicted molar refractivity (Wildman–Crippen MR) is 63.1 cm³/mol. The molecule has 0 atom stereocenters. The molecule has 1 amide bonds. The van der Waals surface area contributed by atoms with E-state index >= 15 is 0 Å². The maximum absolute atomic E-state index is 11.1. The van der Waals surface area contributed by atoms with Gasteiger partial charge in [-0.1, -0.05) is 6.92 Å². The van der Waals surface area contributed by atoms with Crippen LogP contribution in [-0.2, 0) is 11.2 Å². The summed E-state index contributed by atoms with van der Waals surface area (Å²) in [5.41, 5.74) is 2.10. The number of carbonyl (C=O) groups excluding carboxylic acids is 1. The number of aromatic amines is 1. The number of hydrogen-bond donors (Lipinski definition) is 2. The number of nitrogens with one attached hydrogen (secondary N) is 2. The van der Waals surface area contributed by atoms with Gasteiger partial charge >= 0.3 is 0 Å². The smallest absolute Gasteiger partial charge is 0.219 e. The van der Waals surface area contributed by atoms with E-state index in [1.165, 1.54) is 5.56 Å². The standard InChI is InChI=1S/C12H15N3O/c1-2-11(16)13-7-5-9-8-15-12-10(9)4-3-6-14-12/h3-4,6,8H,2,5,7H2,1H3,(H,13,16)(H,14,15). The molecule has 2 rings (SSSR count). The van der Waals surface area contributed by atoms with Crippen LogP contribution < -0.4 is 5.32 Å². The Morgan fingerprint density at radius 3 is 3.25 bits per heavy atom. The summed E-state index contributed by atoms with van der Waals surface area (Å²) in [5, 5.41) is 3.99. The number of fused-ring (bicyclic) bond motifs is 1. The van der Waals surface area contributed by atoms with Gasteiger partial charge in [0.2, 0.25) is 5.91 Å². The highest BCUT2D eigenvalue weighted by molar-refractivity contribution is 5.79. The number of carbonyl (C=O) groups is 1. The monoisotopic (exact) mass is 217 g/mol. The topological polar surface area (TPSA) is 57.8 Å². The quantitative estimate of drug-likeness (QED) is 0.817. The van der Waals surface area contributed by atoms with E-state index in [1.807, 2.05) is 25.3 Å². The fourth-order valence-corrected chi connectivity index (χ4v) is 1.68. The van der Waals surface area contributed by atoms with Gasteiger partial charge in [-0.2, -0.15) is 0 Å². The second-order valence-electron chi connectivity index (χ2n) is 3.67. The van der Waals surface area contributed by atoms with Crippen molar-refractivity contribution in [3.05, 3.63) is 30.1 Å². The normalized spacial score (nSPS) is 10.6. The van der Waals surface area contributed by atoms with Crippen LogP contribution in [0.15, 0.2) is 24.5 Å². The third-order valence-corrected chi connectivity index (χ3v) is 2.57. The Labute approximate surface area is 94.1 Å². The lowest BCUT2D eigenvalue weighted by Gasteiger charge is -2.02. The van der Waals surface area contributed by atoms with E-state index in [-0.39, 0.29) is 5.91 Å². The maximum atomic E-state index is 11.1. The molecular weight excluding hydrogens is 202 g/mol. The molecule has 0 bridgehead atoms. The molecule has 0 spiro atoms. The number of amides is 1. The Kier molecular flexibility index (Phi) is 3.19. The molecule has 2 aromatic heterocycles. The van der Waals surface area contributed by atoms with Crippen LogP contribution in [0.3, 0.4) is 0 Å². The minimum Gasteiger partial charge on any atom is -0.356 e. The summed E-state index contributed by atoms with van der Waals surface area (Å²) in [7, 11) is 0. The van der Waals surface area contributed by atoms with Gasteiger partial charge in [0.05, 0.1) is 0 Å². The Bertz CT molecular complexity index is 490. The number of aromatic nitrogens is 2. The van der Waals surface area contributed by atoms with Gasteiger partial charge in [0.1, 0.15) is 5.65 Å². The molecule has 2 heterocycles. The zero-order valence-corrected chi connectivity index (χ0v) is 9.29. The average molecular weight is 217 g/mol. The largest absolute Gasteiger partial charge is 0.356 e. The Morgan fingerprint density at radius 1 is 1.56 bits per heavy atom. The van der Waals surface area contributed by atoms with Crippen molar-refractivity contribution in [3.8, 4) is 0 Å². The second-order valence-corrected chi connectivity index (χ2v) is 3.67. The summed E-state index contributed by atoms with van der Waals surface area (Å²) < 4.78 is 0. The SMILES string of the molecule is CCC(=O)NCCc1c[nH]c2ncccc12. The van der Waals surface area contributed by atoms with Crippen molar-refractivity contribution in [2.45, 2.75) is 19.8 Å². The predicted octanol–water partition coefficient (Wildman–Crippen LogP) is 1.63. The summed E-state index contributed by atoms with van der Waals surface area (Å²) in [5.74, 6) is 0.0953. The van der Waals surface area contributed by atoms with Crippen LogP contribution in [0, 0.1) is 0 Å². The molecule has 0 saturated heterocycles. The minimum absolute atomic E-state index is 0.0953. The van der Waals surface area contributed by atoms with Crippen LogP contribution >= 0.6 is 0 Å². The van der Waals surface area contributed by atoms with Gasteiger partial charge in [-0.05, 0) is 24.1 Å². The molecule has 0 aliphatic rings. The molecule has 0 aliphatic heterocycles. The van der Waals surface area contributed by atoms with Crippen LogP contribution in [-0.4, -0.2) is 22.4 Å². The number of pyridine rings is 1. The molecule has 0 fully saturated rings. The number of hydrogen-bond acceptors (Lipinski definition) is 2. The van der Waals surface area contributed by atoms with Crippen LogP contribution in [0.2, 0.25) is 0 Å². The zero-order valence-electron chi connectivity index (χ0n) is 9.29. The van der Waals surface area contributed by atoms with E-state index in [4.69, 9.17) is 0 Å². The summed E-state index contributed by atoms with van der Waals surface area (Å²) in [4.78, 5) is 18.4. The first-order valence-electron chi connectivity index (χ1n) is 5.49. The first-order chi connectivity index (χ1) is 7.81. The van der Waals surface area contributed by atoms with Crippen molar-refractivity contribution < 1.29 is 4.79 Å².